The Morgan fingerprint density at radius 3 is 2.43 bits per heavy atom. The third-order valence-corrected chi connectivity index (χ3v) is 5.03. The lowest BCUT2D eigenvalue weighted by Crippen LogP contribution is -2.52. The Hall–Kier alpha value is -0.750. The molecule has 6 heteroatoms. The van der Waals surface area contributed by atoms with Crippen molar-refractivity contribution in [2.24, 2.45) is 0 Å². The van der Waals surface area contributed by atoms with Crippen molar-refractivity contribution in [1.29, 1.82) is 0 Å². The number of hydrogen-bond donors (Lipinski definition) is 1. The van der Waals surface area contributed by atoms with E-state index in [9.17, 15) is 9.59 Å². The quantitative estimate of drug-likeness (QED) is 0.805. The zero-order chi connectivity index (χ0) is 15.7. The summed E-state index contributed by atoms with van der Waals surface area (Å²) in [6.45, 7) is 9.62. The van der Waals surface area contributed by atoms with E-state index in [0.717, 1.165) is 38.9 Å². The van der Waals surface area contributed by atoms with Crippen LogP contribution in [0, 0.1) is 0 Å². The van der Waals surface area contributed by atoms with E-state index >= 15 is 0 Å². The lowest BCUT2D eigenvalue weighted by atomic mass is 9.86. The van der Waals surface area contributed by atoms with Gasteiger partial charge in [-0.15, -0.1) is 0 Å². The Labute approximate surface area is 131 Å². The molecule has 0 bridgehead atoms. The molecule has 1 atom stereocenters. The third kappa shape index (κ3) is 4.61. The minimum Gasteiger partial charge on any atom is -0.444 e. The predicted octanol–water partition coefficient (Wildman–Crippen LogP) is 2.40. The van der Waals surface area contributed by atoms with Crippen molar-refractivity contribution in [2.45, 2.75) is 63.3 Å². The molecule has 1 N–H and O–H groups in total. The Morgan fingerprint density at radius 1 is 1.29 bits per heavy atom. The molecule has 0 radical (unpaired) electrons. The summed E-state index contributed by atoms with van der Waals surface area (Å²) in [6, 6.07) is 0. The molecule has 1 unspecified atom stereocenters. The molecule has 5 nitrogen and oxygen atoms in total. The van der Waals surface area contributed by atoms with Gasteiger partial charge in [0.2, 0.25) is 0 Å². The van der Waals surface area contributed by atoms with E-state index in [1.165, 1.54) is 11.8 Å². The summed E-state index contributed by atoms with van der Waals surface area (Å²) >= 11 is 1.44. The van der Waals surface area contributed by atoms with Crippen LogP contribution in [0.3, 0.4) is 0 Å². The number of carbonyl (C=O) groups is 2. The third-order valence-electron chi connectivity index (χ3n) is 4.03. The van der Waals surface area contributed by atoms with Crippen molar-refractivity contribution >= 4 is 23.0 Å². The average molecular weight is 314 g/mol. The molecule has 0 aliphatic carbocycles. The van der Waals surface area contributed by atoms with Crippen molar-refractivity contribution < 1.29 is 14.3 Å². The lowest BCUT2D eigenvalue weighted by molar-refractivity contribution is -0.109. The fourth-order valence-electron chi connectivity index (χ4n) is 3.05. The van der Waals surface area contributed by atoms with Gasteiger partial charge in [-0.05, 0) is 40.0 Å². The van der Waals surface area contributed by atoms with Gasteiger partial charge < -0.3 is 15.0 Å². The number of piperidine rings is 1. The summed E-state index contributed by atoms with van der Waals surface area (Å²) < 4.78 is 5.42. The van der Waals surface area contributed by atoms with Gasteiger partial charge in [0.1, 0.15) is 5.60 Å². The number of nitrogens with zero attached hydrogens (tertiary/aromatic N) is 1. The second kappa shape index (κ2) is 6.16. The highest BCUT2D eigenvalue weighted by molar-refractivity contribution is 8.14. The zero-order valence-electron chi connectivity index (χ0n) is 13.4. The maximum absolute atomic E-state index is 12.1. The van der Waals surface area contributed by atoms with Crippen LogP contribution in [0.25, 0.3) is 0 Å². The average Bonchev–Trinajstić information content (AvgIpc) is 2.70. The summed E-state index contributed by atoms with van der Waals surface area (Å²) in [5.74, 6) is 0. The smallest absolute Gasteiger partial charge is 0.410 e. The van der Waals surface area contributed by atoms with Crippen molar-refractivity contribution in [1.82, 2.24) is 10.2 Å². The van der Waals surface area contributed by atoms with E-state index in [1.54, 1.807) is 11.8 Å². The number of ether oxygens (including phenoxy) is 1. The van der Waals surface area contributed by atoms with E-state index in [1.807, 2.05) is 20.8 Å². The topological polar surface area (TPSA) is 58.6 Å². The standard InChI is InChI=1S/C15H26N2O3S/c1-11(18)21-12-9-15(16-10-12)5-7-17(8-6-15)13(19)20-14(2,3)4/h12,16H,5-10H2,1-4H3. The van der Waals surface area contributed by atoms with Crippen molar-refractivity contribution in [3.8, 4) is 0 Å². The maximum Gasteiger partial charge on any atom is 0.410 e. The summed E-state index contributed by atoms with van der Waals surface area (Å²) in [6.07, 6.45) is 2.66. The Kier molecular flexibility index (Phi) is 4.88. The molecule has 21 heavy (non-hydrogen) atoms. The number of carbonyl (C=O) groups excluding carboxylic acids is 2. The minimum atomic E-state index is -0.443. The molecule has 1 amide bonds. The van der Waals surface area contributed by atoms with Gasteiger partial charge in [0.25, 0.3) is 0 Å². The van der Waals surface area contributed by atoms with Crippen molar-refractivity contribution in [3.05, 3.63) is 0 Å². The molecule has 120 valence electrons. The van der Waals surface area contributed by atoms with E-state index < -0.39 is 5.60 Å². The molecule has 0 aromatic rings. The zero-order valence-corrected chi connectivity index (χ0v) is 14.2. The predicted molar refractivity (Wildman–Crippen MR) is 84.5 cm³/mol. The van der Waals surface area contributed by atoms with Crippen LogP contribution in [0.5, 0.6) is 0 Å². The fraction of sp³-hybridized carbons (Fsp3) is 0.867. The van der Waals surface area contributed by atoms with Gasteiger partial charge in [-0.1, -0.05) is 11.8 Å². The van der Waals surface area contributed by atoms with Crippen LogP contribution in [0.1, 0.15) is 47.0 Å². The van der Waals surface area contributed by atoms with E-state index in [-0.39, 0.29) is 16.7 Å². The molecule has 2 fully saturated rings. The molecule has 0 saturated carbocycles. The Morgan fingerprint density at radius 2 is 1.90 bits per heavy atom. The molecule has 0 aromatic heterocycles. The normalized spacial score (nSPS) is 25.1. The summed E-state index contributed by atoms with van der Waals surface area (Å²) in [4.78, 5) is 25.1. The Balaban J connectivity index is 1.83. The highest BCUT2D eigenvalue weighted by Crippen LogP contribution is 2.36. The van der Waals surface area contributed by atoms with E-state index in [0.29, 0.717) is 5.25 Å². The highest BCUT2D eigenvalue weighted by atomic mass is 32.2. The molecule has 0 aromatic carbocycles. The molecular weight excluding hydrogens is 288 g/mol. The van der Waals surface area contributed by atoms with Crippen LogP contribution < -0.4 is 5.32 Å². The van der Waals surface area contributed by atoms with Gasteiger partial charge in [0.05, 0.1) is 0 Å². The first-order valence-corrected chi connectivity index (χ1v) is 8.47. The first-order chi connectivity index (χ1) is 9.69. The molecule has 2 rings (SSSR count). The van der Waals surface area contributed by atoms with Gasteiger partial charge in [0, 0.05) is 37.3 Å². The first kappa shape index (κ1) is 16.6. The van der Waals surface area contributed by atoms with Crippen LogP contribution in [0.15, 0.2) is 0 Å². The number of rotatable bonds is 1. The van der Waals surface area contributed by atoms with Gasteiger partial charge in [0.15, 0.2) is 5.12 Å². The number of amides is 1. The second-order valence-electron chi connectivity index (χ2n) is 7.06. The molecule has 1 spiro atoms. The van der Waals surface area contributed by atoms with Crippen LogP contribution in [-0.4, -0.2) is 52.1 Å². The molecule has 2 saturated heterocycles. The van der Waals surface area contributed by atoms with Gasteiger partial charge in [-0.3, -0.25) is 4.79 Å². The number of nitrogens with one attached hydrogen (secondary N) is 1. The largest absolute Gasteiger partial charge is 0.444 e. The number of likely N-dealkylation sites (tertiary alicyclic amines) is 1. The van der Waals surface area contributed by atoms with Crippen LogP contribution in [0.2, 0.25) is 0 Å². The van der Waals surface area contributed by atoms with Crippen LogP contribution in [-0.2, 0) is 9.53 Å². The van der Waals surface area contributed by atoms with Crippen molar-refractivity contribution in [2.75, 3.05) is 19.6 Å². The van der Waals surface area contributed by atoms with Crippen LogP contribution >= 0.6 is 11.8 Å². The molecule has 2 aliphatic heterocycles. The van der Waals surface area contributed by atoms with E-state index in [4.69, 9.17) is 4.74 Å². The van der Waals surface area contributed by atoms with Crippen LogP contribution in [0.4, 0.5) is 4.79 Å². The minimum absolute atomic E-state index is 0.103. The highest BCUT2D eigenvalue weighted by Gasteiger charge is 2.42. The molecular formula is C15H26N2O3S. The fourth-order valence-corrected chi connectivity index (χ4v) is 4.09. The maximum atomic E-state index is 12.1. The van der Waals surface area contributed by atoms with Gasteiger partial charge >= 0.3 is 6.09 Å². The SMILES string of the molecule is CC(=O)SC1CNC2(CCN(C(=O)OC(C)(C)C)CC2)C1. The molecule has 2 heterocycles. The second-order valence-corrected chi connectivity index (χ2v) is 8.54. The summed E-state index contributed by atoms with van der Waals surface area (Å²) in [7, 11) is 0. The number of thioether (sulfide) groups is 1. The summed E-state index contributed by atoms with van der Waals surface area (Å²) in [5, 5.41) is 4.14. The van der Waals surface area contributed by atoms with Gasteiger partial charge in [-0.25, -0.2) is 4.79 Å². The number of hydrogen-bond acceptors (Lipinski definition) is 5. The van der Waals surface area contributed by atoms with E-state index in [2.05, 4.69) is 5.32 Å². The monoisotopic (exact) mass is 314 g/mol. The van der Waals surface area contributed by atoms with Crippen molar-refractivity contribution in [3.63, 3.8) is 0 Å². The first-order valence-electron chi connectivity index (χ1n) is 7.59. The molecule has 2 aliphatic rings. The van der Waals surface area contributed by atoms with Gasteiger partial charge in [-0.2, -0.15) is 0 Å². The lowest BCUT2D eigenvalue weighted by Gasteiger charge is -2.40. The summed E-state index contributed by atoms with van der Waals surface area (Å²) in [5.41, 5.74) is -0.341. The Bertz CT molecular complexity index is 412.